The highest BCUT2D eigenvalue weighted by Gasteiger charge is 2.17. The summed E-state index contributed by atoms with van der Waals surface area (Å²) < 4.78 is 0. The number of aliphatic hydroxyl groups is 1. The Kier molecular flexibility index (Phi) is 5.65. The van der Waals surface area contributed by atoms with E-state index in [9.17, 15) is 4.79 Å². The van der Waals surface area contributed by atoms with E-state index in [-0.39, 0.29) is 18.6 Å². The minimum absolute atomic E-state index is 0.0105. The van der Waals surface area contributed by atoms with E-state index in [1.54, 1.807) is 4.90 Å². The second-order valence-electron chi connectivity index (χ2n) is 4.15. The number of hydrogen-bond acceptors (Lipinski definition) is 2. The Hall–Kier alpha value is -0.870. The van der Waals surface area contributed by atoms with Crippen LogP contribution in [-0.4, -0.2) is 35.1 Å². The molecule has 3 nitrogen and oxygen atoms in total. The highest BCUT2D eigenvalue weighted by molar-refractivity contribution is 9.08. The Balaban J connectivity index is 2.85. The lowest BCUT2D eigenvalue weighted by Gasteiger charge is -2.26. The Morgan fingerprint density at radius 2 is 1.94 bits per heavy atom. The van der Waals surface area contributed by atoms with Crippen molar-refractivity contribution in [3.63, 3.8) is 0 Å². The molecule has 0 aromatic heterocycles. The number of alkyl halides is 1. The summed E-state index contributed by atoms with van der Waals surface area (Å²) in [6, 6.07) is 7.60. The van der Waals surface area contributed by atoms with Crippen LogP contribution in [0.15, 0.2) is 24.3 Å². The van der Waals surface area contributed by atoms with E-state index < -0.39 is 0 Å². The van der Waals surface area contributed by atoms with Crippen molar-refractivity contribution in [2.45, 2.75) is 25.2 Å². The van der Waals surface area contributed by atoms with Crippen LogP contribution in [0.1, 0.15) is 29.8 Å². The van der Waals surface area contributed by atoms with Gasteiger partial charge in [-0.2, -0.15) is 0 Å². The van der Waals surface area contributed by atoms with Gasteiger partial charge in [-0.25, -0.2) is 0 Å². The van der Waals surface area contributed by atoms with Crippen molar-refractivity contribution in [1.82, 2.24) is 4.90 Å². The quantitative estimate of drug-likeness (QED) is 0.848. The molecular weight excluding hydrogens is 282 g/mol. The van der Waals surface area contributed by atoms with Crippen LogP contribution in [0, 0.1) is 0 Å². The van der Waals surface area contributed by atoms with Gasteiger partial charge in [0, 0.05) is 23.5 Å². The minimum atomic E-state index is -0.0322. The summed E-state index contributed by atoms with van der Waals surface area (Å²) in [5, 5.41) is 9.75. The summed E-state index contributed by atoms with van der Waals surface area (Å²) in [7, 11) is 0. The number of aliphatic hydroxyl groups excluding tert-OH is 1. The average Bonchev–Trinajstić information content (AvgIpc) is 2.35. The van der Waals surface area contributed by atoms with Crippen molar-refractivity contribution in [3.8, 4) is 0 Å². The van der Waals surface area contributed by atoms with Gasteiger partial charge in [-0.05, 0) is 31.5 Å². The van der Waals surface area contributed by atoms with Crippen molar-refractivity contribution >= 4 is 21.8 Å². The van der Waals surface area contributed by atoms with Gasteiger partial charge < -0.3 is 10.0 Å². The summed E-state index contributed by atoms with van der Waals surface area (Å²) in [6.45, 7) is 4.25. The highest BCUT2D eigenvalue weighted by atomic mass is 79.9. The van der Waals surface area contributed by atoms with Crippen LogP contribution < -0.4 is 0 Å². The smallest absolute Gasteiger partial charge is 0.254 e. The molecule has 0 atom stereocenters. The van der Waals surface area contributed by atoms with E-state index in [4.69, 9.17) is 5.11 Å². The molecule has 1 N–H and O–H groups in total. The highest BCUT2D eigenvalue weighted by Crippen LogP contribution is 2.11. The normalized spacial score (nSPS) is 10.6. The van der Waals surface area contributed by atoms with Gasteiger partial charge in [0.1, 0.15) is 0 Å². The number of carbonyl (C=O) groups is 1. The number of hydrogen-bond donors (Lipinski definition) is 1. The zero-order valence-corrected chi connectivity index (χ0v) is 11.8. The summed E-state index contributed by atoms with van der Waals surface area (Å²) in [6.07, 6.45) is 0. The second-order valence-corrected chi connectivity index (χ2v) is 4.71. The first-order valence-corrected chi connectivity index (χ1v) is 6.79. The first-order valence-electron chi connectivity index (χ1n) is 5.67. The molecule has 0 radical (unpaired) electrons. The van der Waals surface area contributed by atoms with Crippen LogP contribution in [0.2, 0.25) is 0 Å². The van der Waals surface area contributed by atoms with E-state index >= 15 is 0 Å². The number of amides is 1. The van der Waals surface area contributed by atoms with Crippen molar-refractivity contribution < 1.29 is 9.90 Å². The van der Waals surface area contributed by atoms with E-state index in [1.807, 2.05) is 38.1 Å². The van der Waals surface area contributed by atoms with Crippen LogP contribution in [0.4, 0.5) is 0 Å². The van der Waals surface area contributed by atoms with Crippen molar-refractivity contribution in [1.29, 1.82) is 0 Å². The lowest BCUT2D eigenvalue weighted by Crippen LogP contribution is -2.38. The number of benzene rings is 1. The summed E-state index contributed by atoms with van der Waals surface area (Å²) in [4.78, 5) is 13.8. The molecule has 1 aromatic carbocycles. The van der Waals surface area contributed by atoms with Crippen LogP contribution >= 0.6 is 15.9 Å². The maximum atomic E-state index is 12.2. The Labute approximate surface area is 111 Å². The number of nitrogens with zero attached hydrogens (tertiary/aromatic N) is 1. The molecule has 0 saturated carbocycles. The van der Waals surface area contributed by atoms with Crippen molar-refractivity contribution in [2.75, 3.05) is 13.2 Å². The first kappa shape index (κ1) is 14.2. The fraction of sp³-hybridized carbons (Fsp3) is 0.462. The SMILES string of the molecule is CC(C)N(CCO)C(=O)c1ccc(CBr)cc1. The van der Waals surface area contributed by atoms with Crippen LogP contribution in [0.25, 0.3) is 0 Å². The standard InChI is InChI=1S/C13H18BrNO2/c1-10(2)15(7-8-16)13(17)12-5-3-11(9-14)4-6-12/h3-6,10,16H,7-9H2,1-2H3. The molecule has 0 fully saturated rings. The molecule has 1 rings (SSSR count). The van der Waals surface area contributed by atoms with E-state index in [2.05, 4.69) is 15.9 Å². The lowest BCUT2D eigenvalue weighted by atomic mass is 10.1. The maximum absolute atomic E-state index is 12.2. The molecule has 1 aromatic rings. The van der Waals surface area contributed by atoms with Gasteiger partial charge in [-0.3, -0.25) is 4.79 Å². The monoisotopic (exact) mass is 299 g/mol. The topological polar surface area (TPSA) is 40.5 Å². The predicted octanol–water partition coefficient (Wildman–Crippen LogP) is 2.42. The number of carbonyl (C=O) groups excluding carboxylic acids is 1. The van der Waals surface area contributed by atoms with Gasteiger partial charge in [-0.1, -0.05) is 28.1 Å². The molecule has 0 aliphatic rings. The fourth-order valence-electron chi connectivity index (χ4n) is 1.60. The third-order valence-corrected chi connectivity index (χ3v) is 3.23. The average molecular weight is 300 g/mol. The maximum Gasteiger partial charge on any atom is 0.254 e. The third kappa shape index (κ3) is 3.82. The van der Waals surface area contributed by atoms with E-state index in [0.29, 0.717) is 12.1 Å². The van der Waals surface area contributed by atoms with Gasteiger partial charge in [0.25, 0.3) is 5.91 Å². The number of rotatable bonds is 5. The van der Waals surface area contributed by atoms with Gasteiger partial charge >= 0.3 is 0 Å². The van der Waals surface area contributed by atoms with Gasteiger partial charge in [0.05, 0.1) is 6.61 Å². The summed E-state index contributed by atoms with van der Waals surface area (Å²) in [5.41, 5.74) is 1.80. The molecule has 0 bridgehead atoms. The summed E-state index contributed by atoms with van der Waals surface area (Å²) >= 11 is 3.37. The molecule has 0 saturated heterocycles. The predicted molar refractivity (Wildman–Crippen MR) is 72.3 cm³/mol. The Bertz CT molecular complexity index is 362. The second kappa shape index (κ2) is 6.77. The third-order valence-electron chi connectivity index (χ3n) is 2.58. The van der Waals surface area contributed by atoms with Crippen molar-refractivity contribution in [3.05, 3.63) is 35.4 Å². The Morgan fingerprint density at radius 1 is 1.35 bits per heavy atom. The molecule has 0 spiro atoms. The van der Waals surface area contributed by atoms with E-state index in [1.165, 1.54) is 0 Å². The van der Waals surface area contributed by atoms with Gasteiger partial charge in [-0.15, -0.1) is 0 Å². The molecule has 0 aliphatic heterocycles. The van der Waals surface area contributed by atoms with Gasteiger partial charge in [0.2, 0.25) is 0 Å². The minimum Gasteiger partial charge on any atom is -0.395 e. The van der Waals surface area contributed by atoms with Crippen LogP contribution in [0.5, 0.6) is 0 Å². The molecule has 4 heteroatoms. The van der Waals surface area contributed by atoms with Crippen molar-refractivity contribution in [2.24, 2.45) is 0 Å². The molecule has 0 unspecified atom stereocenters. The molecule has 94 valence electrons. The van der Waals surface area contributed by atoms with Crippen LogP contribution in [0.3, 0.4) is 0 Å². The Morgan fingerprint density at radius 3 is 2.35 bits per heavy atom. The molecule has 1 amide bonds. The first-order chi connectivity index (χ1) is 8.10. The van der Waals surface area contributed by atoms with Gasteiger partial charge in [0.15, 0.2) is 0 Å². The number of halogens is 1. The summed E-state index contributed by atoms with van der Waals surface area (Å²) in [5.74, 6) is -0.0322. The largest absolute Gasteiger partial charge is 0.395 e. The fourth-order valence-corrected chi connectivity index (χ4v) is 1.98. The molecule has 0 heterocycles. The van der Waals surface area contributed by atoms with E-state index in [0.717, 1.165) is 10.9 Å². The van der Waals surface area contributed by atoms with Crippen LogP contribution in [-0.2, 0) is 5.33 Å². The molecular formula is C13H18BrNO2. The zero-order valence-electron chi connectivity index (χ0n) is 10.2. The molecule has 0 aliphatic carbocycles. The lowest BCUT2D eigenvalue weighted by molar-refractivity contribution is 0.0665. The zero-order chi connectivity index (χ0) is 12.8. The molecule has 17 heavy (non-hydrogen) atoms.